The topological polar surface area (TPSA) is 52.6 Å². The molecule has 0 bridgehead atoms. The predicted octanol–water partition coefficient (Wildman–Crippen LogP) is 1.92. The molecule has 0 amide bonds. The maximum atomic E-state index is 11.5. The number of ether oxygens (including phenoxy) is 2. The number of hydrogen-bond donors (Lipinski definition) is 0. The van der Waals surface area contributed by atoms with Gasteiger partial charge < -0.3 is 9.47 Å². The number of carbonyl (C=O) groups excluding carboxylic acids is 2. The van der Waals surface area contributed by atoms with E-state index in [2.05, 4.69) is 0 Å². The molecule has 4 heteroatoms. The summed E-state index contributed by atoms with van der Waals surface area (Å²) in [5.74, 6) is -1.01. The van der Waals surface area contributed by atoms with Crippen LogP contribution in [0.15, 0.2) is 0 Å². The van der Waals surface area contributed by atoms with E-state index in [9.17, 15) is 9.59 Å². The Balaban J connectivity index is 4.26. The molecule has 88 valence electrons. The van der Waals surface area contributed by atoms with Crippen molar-refractivity contribution in [2.75, 3.05) is 6.61 Å². The van der Waals surface area contributed by atoms with Gasteiger partial charge in [-0.05, 0) is 19.3 Å². The third-order valence-electron chi connectivity index (χ3n) is 1.53. The summed E-state index contributed by atoms with van der Waals surface area (Å²) in [5, 5.41) is 0. The van der Waals surface area contributed by atoms with E-state index < -0.39 is 17.5 Å². The molecule has 0 radical (unpaired) electrons. The molecule has 0 N–H and O–H groups in total. The molecule has 0 fully saturated rings. The van der Waals surface area contributed by atoms with Crippen molar-refractivity contribution in [1.82, 2.24) is 0 Å². The smallest absolute Gasteiger partial charge is 0.350 e. The van der Waals surface area contributed by atoms with Gasteiger partial charge in [0.1, 0.15) is 0 Å². The highest BCUT2D eigenvalue weighted by atomic mass is 16.6. The molecule has 15 heavy (non-hydrogen) atoms. The van der Waals surface area contributed by atoms with Crippen molar-refractivity contribution >= 4 is 11.9 Å². The Bertz CT molecular complexity index is 248. The molecule has 4 nitrogen and oxygen atoms in total. The van der Waals surface area contributed by atoms with Crippen LogP contribution in [0.3, 0.4) is 0 Å². The van der Waals surface area contributed by atoms with Crippen molar-refractivity contribution in [3.63, 3.8) is 0 Å². The number of rotatable bonds is 3. The average molecular weight is 216 g/mol. The van der Waals surface area contributed by atoms with Crippen molar-refractivity contribution in [2.45, 2.75) is 47.1 Å². The van der Waals surface area contributed by atoms with Crippen molar-refractivity contribution in [2.24, 2.45) is 5.41 Å². The molecule has 0 aromatic carbocycles. The van der Waals surface area contributed by atoms with Crippen LogP contribution in [0.4, 0.5) is 0 Å². The molecule has 0 unspecified atom stereocenters. The second-order valence-electron chi connectivity index (χ2n) is 5.24. The highest BCUT2D eigenvalue weighted by molar-refractivity contribution is 5.82. The fourth-order valence-corrected chi connectivity index (χ4v) is 0.857. The van der Waals surface area contributed by atoms with E-state index in [1.165, 1.54) is 20.8 Å². The van der Waals surface area contributed by atoms with Crippen LogP contribution in [0.25, 0.3) is 0 Å². The van der Waals surface area contributed by atoms with E-state index >= 15 is 0 Å². The maximum Gasteiger partial charge on any atom is 0.350 e. The molecular formula is C11H20O4. The molecule has 0 aliphatic carbocycles. The quantitative estimate of drug-likeness (QED) is 0.676. The number of carbonyl (C=O) groups is 2. The molecule has 0 atom stereocenters. The van der Waals surface area contributed by atoms with E-state index in [0.717, 1.165) is 0 Å². The lowest BCUT2D eigenvalue weighted by molar-refractivity contribution is -0.179. The second-order valence-corrected chi connectivity index (χ2v) is 5.24. The van der Waals surface area contributed by atoms with Crippen LogP contribution in [-0.4, -0.2) is 24.1 Å². The van der Waals surface area contributed by atoms with Gasteiger partial charge in [0.15, 0.2) is 0 Å². The zero-order valence-electron chi connectivity index (χ0n) is 10.3. The standard InChI is InChI=1S/C11H20O4/c1-8(12)15-11(5,6)9(13)14-7-10(2,3)4/h7H2,1-6H3. The Kier molecular flexibility index (Phi) is 4.31. The molecule has 0 saturated carbocycles. The Morgan fingerprint density at radius 2 is 1.53 bits per heavy atom. The van der Waals surface area contributed by atoms with Gasteiger partial charge in [-0.15, -0.1) is 0 Å². The molecule has 0 aromatic rings. The largest absolute Gasteiger partial charge is 0.462 e. The maximum absolute atomic E-state index is 11.5. The highest BCUT2D eigenvalue weighted by Crippen LogP contribution is 2.17. The zero-order valence-corrected chi connectivity index (χ0v) is 10.3. The van der Waals surface area contributed by atoms with Crippen LogP contribution in [0.5, 0.6) is 0 Å². The third kappa shape index (κ3) is 6.10. The first-order chi connectivity index (χ1) is 6.54. The Labute approximate surface area is 90.9 Å². The lowest BCUT2D eigenvalue weighted by atomic mass is 9.98. The minimum Gasteiger partial charge on any atom is -0.462 e. The fourth-order valence-electron chi connectivity index (χ4n) is 0.857. The van der Waals surface area contributed by atoms with Gasteiger partial charge in [-0.25, -0.2) is 4.79 Å². The van der Waals surface area contributed by atoms with Gasteiger partial charge in [0, 0.05) is 6.92 Å². The summed E-state index contributed by atoms with van der Waals surface area (Å²) < 4.78 is 9.91. The summed E-state index contributed by atoms with van der Waals surface area (Å²) in [5.41, 5.74) is -1.31. The van der Waals surface area contributed by atoms with Crippen LogP contribution < -0.4 is 0 Å². The second kappa shape index (κ2) is 4.64. The SMILES string of the molecule is CC(=O)OC(C)(C)C(=O)OCC(C)(C)C. The molecule has 0 aromatic heterocycles. The monoisotopic (exact) mass is 216 g/mol. The summed E-state index contributed by atoms with van der Waals surface area (Å²) in [6, 6.07) is 0. The van der Waals surface area contributed by atoms with Crippen molar-refractivity contribution in [3.05, 3.63) is 0 Å². The lowest BCUT2D eigenvalue weighted by Gasteiger charge is -2.25. The van der Waals surface area contributed by atoms with Crippen molar-refractivity contribution in [1.29, 1.82) is 0 Å². The lowest BCUT2D eigenvalue weighted by Crippen LogP contribution is -2.39. The average Bonchev–Trinajstić information content (AvgIpc) is 1.95. The van der Waals surface area contributed by atoms with Crippen LogP contribution in [0.1, 0.15) is 41.5 Å². The fraction of sp³-hybridized carbons (Fsp3) is 0.818. The van der Waals surface area contributed by atoms with Gasteiger partial charge in [0.2, 0.25) is 5.60 Å². The summed E-state index contributed by atoms with van der Waals surface area (Å²) in [4.78, 5) is 22.3. The molecule has 0 spiro atoms. The van der Waals surface area contributed by atoms with E-state index in [1.807, 2.05) is 20.8 Å². The summed E-state index contributed by atoms with van der Waals surface area (Å²) in [7, 11) is 0. The minimum absolute atomic E-state index is 0.0953. The van der Waals surface area contributed by atoms with Crippen LogP contribution >= 0.6 is 0 Å². The van der Waals surface area contributed by atoms with Gasteiger partial charge >= 0.3 is 11.9 Å². The zero-order chi connectivity index (χ0) is 12.3. The van der Waals surface area contributed by atoms with Crippen molar-refractivity contribution < 1.29 is 19.1 Å². The molecule has 0 saturated heterocycles. The van der Waals surface area contributed by atoms with E-state index in [-0.39, 0.29) is 5.41 Å². The minimum atomic E-state index is -1.21. The summed E-state index contributed by atoms with van der Waals surface area (Å²) in [6.07, 6.45) is 0. The molecule has 0 heterocycles. The van der Waals surface area contributed by atoms with Gasteiger partial charge in [-0.1, -0.05) is 20.8 Å². The Morgan fingerprint density at radius 1 is 1.07 bits per heavy atom. The van der Waals surface area contributed by atoms with E-state index in [4.69, 9.17) is 9.47 Å². The first-order valence-electron chi connectivity index (χ1n) is 4.91. The van der Waals surface area contributed by atoms with Crippen LogP contribution in [0, 0.1) is 5.41 Å². The summed E-state index contributed by atoms with van der Waals surface area (Å²) in [6.45, 7) is 10.5. The van der Waals surface area contributed by atoms with Crippen LogP contribution in [-0.2, 0) is 19.1 Å². The van der Waals surface area contributed by atoms with Crippen molar-refractivity contribution in [3.8, 4) is 0 Å². The summed E-state index contributed by atoms with van der Waals surface area (Å²) >= 11 is 0. The Hall–Kier alpha value is -1.06. The van der Waals surface area contributed by atoms with Gasteiger partial charge in [-0.3, -0.25) is 4.79 Å². The van der Waals surface area contributed by atoms with Crippen LogP contribution in [0.2, 0.25) is 0 Å². The molecular weight excluding hydrogens is 196 g/mol. The predicted molar refractivity (Wildman–Crippen MR) is 56.3 cm³/mol. The first kappa shape index (κ1) is 13.9. The number of hydrogen-bond acceptors (Lipinski definition) is 4. The molecule has 0 rings (SSSR count). The van der Waals surface area contributed by atoms with Gasteiger partial charge in [0.05, 0.1) is 6.61 Å². The molecule has 0 aliphatic heterocycles. The Morgan fingerprint density at radius 3 is 1.87 bits per heavy atom. The van der Waals surface area contributed by atoms with E-state index in [1.54, 1.807) is 0 Å². The highest BCUT2D eigenvalue weighted by Gasteiger charge is 2.33. The van der Waals surface area contributed by atoms with Gasteiger partial charge in [-0.2, -0.15) is 0 Å². The van der Waals surface area contributed by atoms with Gasteiger partial charge in [0.25, 0.3) is 0 Å². The molecule has 0 aliphatic rings. The third-order valence-corrected chi connectivity index (χ3v) is 1.53. The number of esters is 2. The normalized spacial score (nSPS) is 12.1. The van der Waals surface area contributed by atoms with E-state index in [0.29, 0.717) is 6.61 Å². The first-order valence-corrected chi connectivity index (χ1v) is 4.91.